The summed E-state index contributed by atoms with van der Waals surface area (Å²) < 4.78 is 0. The monoisotopic (exact) mass is 154 g/mol. The van der Waals surface area contributed by atoms with Gasteiger partial charge in [-0.2, -0.15) is 0 Å². The first-order valence-corrected chi connectivity index (χ1v) is 7.18. The molecule has 0 nitrogen and oxygen atoms in total. The fourth-order valence-electron chi connectivity index (χ4n) is 0.565. The molecule has 10 heavy (non-hydrogen) atoms. The summed E-state index contributed by atoms with van der Waals surface area (Å²) in [5.74, 6) is 0. The summed E-state index contributed by atoms with van der Waals surface area (Å²) in [4.78, 5) is 0. The van der Waals surface area contributed by atoms with Crippen molar-refractivity contribution in [1.82, 2.24) is 0 Å². The lowest BCUT2D eigenvalue weighted by Gasteiger charge is -2.16. The van der Waals surface area contributed by atoms with Crippen molar-refractivity contribution in [2.45, 2.75) is 33.5 Å². The first-order chi connectivity index (χ1) is 4.34. The van der Waals surface area contributed by atoms with Crippen molar-refractivity contribution in [3.8, 4) is 0 Å². The van der Waals surface area contributed by atoms with Crippen LogP contribution in [0.4, 0.5) is 0 Å². The maximum absolute atomic E-state index is 4.05. The van der Waals surface area contributed by atoms with Gasteiger partial charge in [0.2, 0.25) is 0 Å². The van der Waals surface area contributed by atoms with Gasteiger partial charge in [0, 0.05) is 0 Å². The van der Waals surface area contributed by atoms with Gasteiger partial charge in [0.1, 0.15) is 0 Å². The Bertz CT molecular complexity index is 154. The van der Waals surface area contributed by atoms with Crippen molar-refractivity contribution in [3.63, 3.8) is 0 Å². The van der Waals surface area contributed by atoms with Crippen LogP contribution in [0.5, 0.6) is 0 Å². The molecule has 0 spiro atoms. The average Bonchev–Trinajstić information content (AvgIpc) is 1.60. The Morgan fingerprint density at radius 2 is 1.60 bits per heavy atom. The van der Waals surface area contributed by atoms with Crippen LogP contribution in [0.3, 0.4) is 0 Å². The lowest BCUT2D eigenvalue weighted by atomic mass is 10.3. The third-order valence-electron chi connectivity index (χ3n) is 1.43. The van der Waals surface area contributed by atoms with E-state index in [4.69, 9.17) is 0 Å². The van der Waals surface area contributed by atoms with E-state index in [0.717, 1.165) is 0 Å². The third-order valence-corrected chi connectivity index (χ3v) is 3.50. The Hall–Kier alpha value is -0.303. The lowest BCUT2D eigenvalue weighted by molar-refractivity contribution is 1.38. The Morgan fingerprint density at radius 3 is 1.70 bits per heavy atom. The highest BCUT2D eigenvalue weighted by molar-refractivity contribution is 6.83. The van der Waals surface area contributed by atoms with Crippen LogP contribution in [-0.4, -0.2) is 8.07 Å². The minimum atomic E-state index is -1.09. The molecule has 0 rings (SSSR count). The fraction of sp³-hybridized carbons (Fsp3) is 0.556. The standard InChI is InChI=1S/C9H18Si/c1-8(2)7-9(3)10(4,5)6/h7H,3H2,1-2,4-6H3. The highest BCUT2D eigenvalue weighted by Gasteiger charge is 2.14. The minimum absolute atomic E-state index is 1.09. The van der Waals surface area contributed by atoms with Gasteiger partial charge in [-0.05, 0) is 13.8 Å². The van der Waals surface area contributed by atoms with Crippen molar-refractivity contribution >= 4 is 8.07 Å². The Kier molecular flexibility index (Phi) is 3.10. The SMILES string of the molecule is C=C(C=C(C)C)[Si](C)(C)C. The van der Waals surface area contributed by atoms with E-state index in [1.54, 1.807) is 0 Å². The summed E-state index contributed by atoms with van der Waals surface area (Å²) in [5.41, 5.74) is 1.35. The molecule has 0 fully saturated rings. The van der Waals surface area contributed by atoms with Crippen molar-refractivity contribution in [3.05, 3.63) is 23.4 Å². The molecule has 0 aromatic heterocycles. The molecule has 0 N–H and O–H groups in total. The molecule has 0 aliphatic carbocycles. The van der Waals surface area contributed by atoms with Crippen molar-refractivity contribution < 1.29 is 0 Å². The van der Waals surface area contributed by atoms with Gasteiger partial charge in [-0.1, -0.05) is 43.1 Å². The molecular formula is C9H18Si. The third kappa shape index (κ3) is 3.67. The Labute approximate surface area is 65.7 Å². The zero-order valence-corrected chi connectivity index (χ0v) is 8.78. The molecule has 0 amide bonds. The Morgan fingerprint density at radius 1 is 1.20 bits per heavy atom. The molecule has 0 saturated carbocycles. The molecule has 0 saturated heterocycles. The van der Waals surface area contributed by atoms with Gasteiger partial charge in [-0.25, -0.2) is 0 Å². The van der Waals surface area contributed by atoms with Crippen LogP contribution in [0.1, 0.15) is 13.8 Å². The molecule has 0 atom stereocenters. The first kappa shape index (κ1) is 9.70. The van der Waals surface area contributed by atoms with Crippen LogP contribution in [0.15, 0.2) is 23.4 Å². The van der Waals surface area contributed by atoms with E-state index in [0.29, 0.717) is 0 Å². The van der Waals surface area contributed by atoms with Gasteiger partial charge in [0.15, 0.2) is 0 Å². The normalized spacial score (nSPS) is 10.9. The highest BCUT2D eigenvalue weighted by Crippen LogP contribution is 2.14. The molecule has 0 aliphatic heterocycles. The van der Waals surface area contributed by atoms with Gasteiger partial charge in [0.05, 0.1) is 8.07 Å². The van der Waals surface area contributed by atoms with Crippen LogP contribution in [0.25, 0.3) is 0 Å². The number of rotatable bonds is 2. The molecule has 0 unspecified atom stereocenters. The van der Waals surface area contributed by atoms with Crippen LogP contribution >= 0.6 is 0 Å². The summed E-state index contributed by atoms with van der Waals surface area (Å²) in [5, 5.41) is 1.34. The second-order valence-corrected chi connectivity index (χ2v) is 9.14. The van der Waals surface area contributed by atoms with E-state index in [2.05, 4.69) is 46.1 Å². The fourth-order valence-corrected chi connectivity index (χ4v) is 1.29. The van der Waals surface area contributed by atoms with Gasteiger partial charge in [-0.15, -0.1) is 0 Å². The molecule has 0 radical (unpaired) electrons. The van der Waals surface area contributed by atoms with Crippen molar-refractivity contribution in [2.75, 3.05) is 0 Å². The summed E-state index contributed by atoms with van der Waals surface area (Å²) >= 11 is 0. The number of hydrogen-bond acceptors (Lipinski definition) is 0. The molecular weight excluding hydrogens is 136 g/mol. The molecule has 0 bridgehead atoms. The molecule has 0 aliphatic rings. The summed E-state index contributed by atoms with van der Waals surface area (Å²) in [6.07, 6.45) is 2.20. The van der Waals surface area contributed by atoms with Crippen LogP contribution < -0.4 is 0 Å². The van der Waals surface area contributed by atoms with Gasteiger partial charge in [0.25, 0.3) is 0 Å². The topological polar surface area (TPSA) is 0 Å². The van der Waals surface area contributed by atoms with E-state index >= 15 is 0 Å². The van der Waals surface area contributed by atoms with Crippen molar-refractivity contribution in [1.29, 1.82) is 0 Å². The number of allylic oxidation sites excluding steroid dienone is 3. The van der Waals surface area contributed by atoms with Gasteiger partial charge < -0.3 is 0 Å². The highest BCUT2D eigenvalue weighted by atomic mass is 28.3. The largest absolute Gasteiger partial charge is 0.0998 e. The Balaban J connectivity index is 4.27. The maximum Gasteiger partial charge on any atom is 0.0768 e. The zero-order valence-electron chi connectivity index (χ0n) is 7.78. The lowest BCUT2D eigenvalue weighted by Crippen LogP contribution is -2.21. The van der Waals surface area contributed by atoms with Crippen LogP contribution in [0, 0.1) is 0 Å². The summed E-state index contributed by atoms with van der Waals surface area (Å²) in [7, 11) is -1.09. The average molecular weight is 154 g/mol. The molecule has 0 aromatic carbocycles. The van der Waals surface area contributed by atoms with Crippen molar-refractivity contribution in [2.24, 2.45) is 0 Å². The maximum atomic E-state index is 4.05. The first-order valence-electron chi connectivity index (χ1n) is 3.68. The van der Waals surface area contributed by atoms with Crippen LogP contribution in [0.2, 0.25) is 19.6 Å². The quantitative estimate of drug-likeness (QED) is 0.422. The predicted molar refractivity (Wildman–Crippen MR) is 51.9 cm³/mol. The zero-order chi connectivity index (χ0) is 8.36. The van der Waals surface area contributed by atoms with E-state index < -0.39 is 8.07 Å². The molecule has 1 heteroatoms. The molecule has 0 aromatic rings. The van der Waals surface area contributed by atoms with Gasteiger partial charge in [-0.3, -0.25) is 0 Å². The van der Waals surface area contributed by atoms with E-state index in [1.807, 2.05) is 0 Å². The number of hydrogen-bond donors (Lipinski definition) is 0. The van der Waals surface area contributed by atoms with Crippen LogP contribution in [-0.2, 0) is 0 Å². The van der Waals surface area contributed by atoms with E-state index in [-0.39, 0.29) is 0 Å². The summed E-state index contributed by atoms with van der Waals surface area (Å²) in [6.45, 7) is 15.2. The second-order valence-electron chi connectivity index (χ2n) is 4.00. The van der Waals surface area contributed by atoms with E-state index in [1.165, 1.54) is 10.8 Å². The smallest absolute Gasteiger partial charge is 0.0768 e. The predicted octanol–water partition coefficient (Wildman–Crippen LogP) is 3.39. The molecule has 0 heterocycles. The summed E-state index contributed by atoms with van der Waals surface area (Å²) in [6, 6.07) is 0. The van der Waals surface area contributed by atoms with Gasteiger partial charge >= 0.3 is 0 Å². The van der Waals surface area contributed by atoms with E-state index in [9.17, 15) is 0 Å². The minimum Gasteiger partial charge on any atom is -0.0998 e. The molecule has 58 valence electrons. The second kappa shape index (κ2) is 3.20.